The zero-order valence-electron chi connectivity index (χ0n) is 15.8. The van der Waals surface area contributed by atoms with Crippen LogP contribution in [0.15, 0.2) is 42.5 Å². The number of carbonyl (C=O) groups is 2. The van der Waals surface area contributed by atoms with Crippen molar-refractivity contribution in [1.29, 1.82) is 0 Å². The first-order valence-corrected chi connectivity index (χ1v) is 9.04. The van der Waals surface area contributed by atoms with Crippen LogP contribution in [-0.2, 0) is 9.59 Å². The third-order valence-corrected chi connectivity index (χ3v) is 4.81. The standard InChI is InChI=1S/C22H25NO3/c1-14(2)19-10-7-16(4)11-20(19)26-22(25)17-12-21(24)23(13-17)18-8-5-15(3)6-9-18/h5-11,14,17H,12-13H2,1-4H3/t17-/m0/s1. The third kappa shape index (κ3) is 3.79. The highest BCUT2D eigenvalue weighted by Crippen LogP contribution is 2.30. The molecular formula is C22H25NO3. The first-order valence-electron chi connectivity index (χ1n) is 9.04. The Morgan fingerprint density at radius 2 is 1.73 bits per heavy atom. The second-order valence-corrected chi connectivity index (χ2v) is 7.36. The van der Waals surface area contributed by atoms with Gasteiger partial charge < -0.3 is 9.64 Å². The lowest BCUT2D eigenvalue weighted by Gasteiger charge is -2.18. The minimum atomic E-state index is -0.440. The SMILES string of the molecule is Cc1ccc(N2C[C@@H](C(=O)Oc3cc(C)ccc3C(C)C)CC2=O)cc1. The van der Waals surface area contributed by atoms with Crippen molar-refractivity contribution in [3.8, 4) is 5.75 Å². The van der Waals surface area contributed by atoms with Crippen LogP contribution in [0.25, 0.3) is 0 Å². The smallest absolute Gasteiger partial charge is 0.316 e. The minimum Gasteiger partial charge on any atom is -0.426 e. The average molecular weight is 351 g/mol. The molecule has 1 saturated heterocycles. The fourth-order valence-corrected chi connectivity index (χ4v) is 3.24. The molecule has 0 radical (unpaired) electrons. The molecule has 1 fully saturated rings. The highest BCUT2D eigenvalue weighted by molar-refractivity contribution is 5.99. The van der Waals surface area contributed by atoms with E-state index in [0.717, 1.165) is 22.4 Å². The predicted molar refractivity (Wildman–Crippen MR) is 103 cm³/mol. The van der Waals surface area contributed by atoms with Crippen molar-refractivity contribution >= 4 is 17.6 Å². The number of hydrogen-bond acceptors (Lipinski definition) is 3. The lowest BCUT2D eigenvalue weighted by molar-refractivity contribution is -0.139. The number of esters is 1. The number of ether oxygens (including phenoxy) is 1. The van der Waals surface area contributed by atoms with Crippen LogP contribution < -0.4 is 9.64 Å². The molecule has 0 aliphatic carbocycles. The molecule has 4 nitrogen and oxygen atoms in total. The van der Waals surface area contributed by atoms with Crippen LogP contribution in [0.4, 0.5) is 5.69 Å². The van der Waals surface area contributed by atoms with E-state index in [2.05, 4.69) is 13.8 Å². The highest BCUT2D eigenvalue weighted by atomic mass is 16.5. The van der Waals surface area contributed by atoms with Crippen LogP contribution in [-0.4, -0.2) is 18.4 Å². The van der Waals surface area contributed by atoms with Gasteiger partial charge in [0.1, 0.15) is 5.75 Å². The van der Waals surface area contributed by atoms with E-state index >= 15 is 0 Å². The fraction of sp³-hybridized carbons (Fsp3) is 0.364. The van der Waals surface area contributed by atoms with Gasteiger partial charge in [0, 0.05) is 18.7 Å². The van der Waals surface area contributed by atoms with Crippen molar-refractivity contribution in [3.63, 3.8) is 0 Å². The molecule has 0 spiro atoms. The van der Waals surface area contributed by atoms with E-state index in [9.17, 15) is 9.59 Å². The van der Waals surface area contributed by atoms with Gasteiger partial charge in [0.05, 0.1) is 5.92 Å². The number of nitrogens with zero attached hydrogens (tertiary/aromatic N) is 1. The second-order valence-electron chi connectivity index (χ2n) is 7.36. The molecule has 3 rings (SSSR count). The molecule has 1 atom stereocenters. The Kier molecular flexibility index (Phi) is 5.12. The van der Waals surface area contributed by atoms with Gasteiger partial charge in [-0.1, -0.05) is 43.7 Å². The Balaban J connectivity index is 1.75. The predicted octanol–water partition coefficient (Wildman–Crippen LogP) is 4.39. The van der Waals surface area contributed by atoms with Gasteiger partial charge >= 0.3 is 5.97 Å². The maximum absolute atomic E-state index is 12.7. The molecule has 0 unspecified atom stereocenters. The van der Waals surface area contributed by atoms with Crippen LogP contribution in [0.1, 0.15) is 42.9 Å². The lowest BCUT2D eigenvalue weighted by Crippen LogP contribution is -2.27. The summed E-state index contributed by atoms with van der Waals surface area (Å²) in [6.07, 6.45) is 0.190. The first-order chi connectivity index (χ1) is 12.3. The molecule has 136 valence electrons. The molecule has 4 heteroatoms. The van der Waals surface area contributed by atoms with E-state index in [1.54, 1.807) is 4.90 Å². The van der Waals surface area contributed by atoms with Crippen LogP contribution in [0.3, 0.4) is 0 Å². The summed E-state index contributed by atoms with van der Waals surface area (Å²) in [5.74, 6) is 0.0489. The number of rotatable bonds is 4. The van der Waals surface area contributed by atoms with E-state index < -0.39 is 5.92 Å². The lowest BCUT2D eigenvalue weighted by atomic mass is 10.0. The number of carbonyl (C=O) groups excluding carboxylic acids is 2. The average Bonchev–Trinajstić information content (AvgIpc) is 2.97. The molecule has 0 bridgehead atoms. The summed E-state index contributed by atoms with van der Waals surface area (Å²) in [6.45, 7) is 8.48. The number of benzene rings is 2. The summed E-state index contributed by atoms with van der Waals surface area (Å²) in [6, 6.07) is 13.7. The zero-order valence-corrected chi connectivity index (χ0v) is 15.8. The van der Waals surface area contributed by atoms with Crippen molar-refractivity contribution in [1.82, 2.24) is 0 Å². The molecule has 1 heterocycles. The van der Waals surface area contributed by atoms with E-state index in [1.165, 1.54) is 0 Å². The largest absolute Gasteiger partial charge is 0.426 e. The van der Waals surface area contributed by atoms with Crippen LogP contribution in [0.2, 0.25) is 0 Å². The number of hydrogen-bond donors (Lipinski definition) is 0. The second kappa shape index (κ2) is 7.32. The Morgan fingerprint density at radius 3 is 2.38 bits per heavy atom. The van der Waals surface area contributed by atoms with Gasteiger partial charge in [-0.3, -0.25) is 9.59 Å². The number of aryl methyl sites for hydroxylation is 2. The number of amides is 1. The summed E-state index contributed by atoms with van der Waals surface area (Å²) in [7, 11) is 0. The molecule has 1 aliphatic rings. The maximum Gasteiger partial charge on any atom is 0.316 e. The summed E-state index contributed by atoms with van der Waals surface area (Å²) in [5, 5.41) is 0. The molecule has 0 aromatic heterocycles. The summed E-state index contributed by atoms with van der Waals surface area (Å²) < 4.78 is 5.71. The van der Waals surface area contributed by atoms with E-state index in [1.807, 2.05) is 56.3 Å². The Morgan fingerprint density at radius 1 is 1.08 bits per heavy atom. The molecule has 2 aromatic rings. The van der Waals surface area contributed by atoms with Gasteiger partial charge in [0.15, 0.2) is 0 Å². The Bertz CT molecular complexity index is 824. The van der Waals surface area contributed by atoms with Gasteiger partial charge in [0.25, 0.3) is 0 Å². The van der Waals surface area contributed by atoms with Gasteiger partial charge in [-0.25, -0.2) is 0 Å². The van der Waals surface area contributed by atoms with E-state index in [4.69, 9.17) is 4.74 Å². The Hall–Kier alpha value is -2.62. The normalized spacial score (nSPS) is 17.0. The van der Waals surface area contributed by atoms with Crippen LogP contribution >= 0.6 is 0 Å². The van der Waals surface area contributed by atoms with E-state index in [0.29, 0.717) is 12.3 Å². The Labute approximate surface area is 154 Å². The van der Waals surface area contributed by atoms with Crippen LogP contribution in [0, 0.1) is 19.8 Å². The van der Waals surface area contributed by atoms with Gasteiger partial charge in [0.2, 0.25) is 5.91 Å². The molecule has 1 amide bonds. The van der Waals surface area contributed by atoms with Gasteiger partial charge in [-0.15, -0.1) is 0 Å². The number of anilines is 1. The summed E-state index contributed by atoms with van der Waals surface area (Å²) in [5.41, 5.74) is 4.01. The molecule has 26 heavy (non-hydrogen) atoms. The van der Waals surface area contributed by atoms with Crippen molar-refractivity contribution in [2.45, 2.75) is 40.0 Å². The topological polar surface area (TPSA) is 46.6 Å². The van der Waals surface area contributed by atoms with Crippen molar-refractivity contribution in [2.24, 2.45) is 5.92 Å². The minimum absolute atomic E-state index is 0.0378. The molecule has 0 N–H and O–H groups in total. The molecular weight excluding hydrogens is 326 g/mol. The highest BCUT2D eigenvalue weighted by Gasteiger charge is 2.36. The maximum atomic E-state index is 12.7. The quantitative estimate of drug-likeness (QED) is 0.606. The first kappa shape index (κ1) is 18.2. The van der Waals surface area contributed by atoms with Crippen molar-refractivity contribution in [2.75, 3.05) is 11.4 Å². The zero-order chi connectivity index (χ0) is 18.8. The van der Waals surface area contributed by atoms with Crippen molar-refractivity contribution in [3.05, 3.63) is 59.2 Å². The van der Waals surface area contributed by atoms with Crippen LogP contribution in [0.5, 0.6) is 5.75 Å². The molecule has 0 saturated carbocycles. The third-order valence-electron chi connectivity index (χ3n) is 4.81. The summed E-state index contributed by atoms with van der Waals surface area (Å²) >= 11 is 0. The molecule has 1 aliphatic heterocycles. The van der Waals surface area contributed by atoms with Gasteiger partial charge in [-0.05, 0) is 49.1 Å². The van der Waals surface area contributed by atoms with E-state index in [-0.39, 0.29) is 24.2 Å². The molecule has 2 aromatic carbocycles. The monoisotopic (exact) mass is 351 g/mol. The fourth-order valence-electron chi connectivity index (χ4n) is 3.24. The van der Waals surface area contributed by atoms with Gasteiger partial charge in [-0.2, -0.15) is 0 Å². The van der Waals surface area contributed by atoms with Crippen molar-refractivity contribution < 1.29 is 14.3 Å². The summed E-state index contributed by atoms with van der Waals surface area (Å²) in [4.78, 5) is 26.7.